The first-order valence-corrected chi connectivity index (χ1v) is 7.60. The number of likely N-dealkylation sites (N-methyl/N-ethyl adjacent to an activating group) is 1. The number of hydrogen-bond donors (Lipinski definition) is 1. The van der Waals surface area contributed by atoms with E-state index in [9.17, 15) is 8.42 Å². The van der Waals surface area contributed by atoms with Gasteiger partial charge in [0.1, 0.15) is 0 Å². The summed E-state index contributed by atoms with van der Waals surface area (Å²) in [7, 11) is -0.941. The molecule has 0 rings (SSSR count). The molecular weight excluding hydrogens is 224 g/mol. The molecule has 0 radical (unpaired) electrons. The third-order valence-corrected chi connectivity index (χ3v) is 4.71. The van der Waals surface area contributed by atoms with E-state index in [1.807, 2.05) is 7.05 Å². The van der Waals surface area contributed by atoms with Crippen molar-refractivity contribution in [2.75, 3.05) is 32.4 Å². The van der Waals surface area contributed by atoms with E-state index in [0.29, 0.717) is 12.6 Å². The highest BCUT2D eigenvalue weighted by Crippen LogP contribution is 2.00. The quantitative estimate of drug-likeness (QED) is 0.690. The summed E-state index contributed by atoms with van der Waals surface area (Å²) in [5.41, 5.74) is 0. The van der Waals surface area contributed by atoms with Crippen LogP contribution < -0.4 is 5.32 Å². The van der Waals surface area contributed by atoms with E-state index in [2.05, 4.69) is 24.1 Å². The maximum absolute atomic E-state index is 11.6. The molecule has 0 aromatic carbocycles. The van der Waals surface area contributed by atoms with Crippen LogP contribution in [0.1, 0.15) is 27.7 Å². The lowest BCUT2D eigenvalue weighted by atomic mass is 10.4. The Morgan fingerprint density at radius 1 is 1.12 bits per heavy atom. The van der Waals surface area contributed by atoms with Gasteiger partial charge in [-0.3, -0.25) is 0 Å². The summed E-state index contributed by atoms with van der Waals surface area (Å²) in [6, 6.07) is 0.479. The molecule has 4 nitrogen and oxygen atoms in total. The van der Waals surface area contributed by atoms with Crippen LogP contribution in [0.5, 0.6) is 0 Å². The lowest BCUT2D eigenvalue weighted by Crippen LogP contribution is -2.35. The average Bonchev–Trinajstić information content (AvgIpc) is 2.14. The van der Waals surface area contributed by atoms with Crippen molar-refractivity contribution in [1.82, 2.24) is 10.2 Å². The summed E-state index contributed by atoms with van der Waals surface area (Å²) in [5, 5.41) is 3.04. The van der Waals surface area contributed by atoms with E-state index < -0.39 is 9.84 Å². The fourth-order valence-corrected chi connectivity index (χ4v) is 2.21. The minimum absolute atomic E-state index is 0.253. The number of hydrogen-bond acceptors (Lipinski definition) is 4. The van der Waals surface area contributed by atoms with Crippen LogP contribution in [0.2, 0.25) is 0 Å². The van der Waals surface area contributed by atoms with Crippen LogP contribution in [-0.2, 0) is 9.84 Å². The van der Waals surface area contributed by atoms with Gasteiger partial charge >= 0.3 is 0 Å². The molecule has 1 N–H and O–H groups in total. The second-order valence-electron chi connectivity index (χ2n) is 4.83. The molecule has 0 fully saturated rings. The summed E-state index contributed by atoms with van der Waals surface area (Å²) in [5.74, 6) is 0.253. The molecule has 0 unspecified atom stereocenters. The Bertz CT molecular complexity index is 274. The zero-order valence-electron chi connectivity index (χ0n) is 11.2. The largest absolute Gasteiger partial charge is 0.313 e. The van der Waals surface area contributed by atoms with Gasteiger partial charge in [-0.05, 0) is 20.9 Å². The Labute approximate surface area is 100 Å². The molecule has 98 valence electrons. The summed E-state index contributed by atoms with van der Waals surface area (Å²) in [6.07, 6.45) is 0. The summed E-state index contributed by atoms with van der Waals surface area (Å²) in [6.45, 7) is 10.1. The van der Waals surface area contributed by atoms with Crippen LogP contribution in [0, 0.1) is 0 Å². The highest BCUT2D eigenvalue weighted by molar-refractivity contribution is 7.92. The van der Waals surface area contributed by atoms with E-state index in [0.717, 1.165) is 13.1 Å². The molecule has 0 spiro atoms. The SMILES string of the molecule is CC(C)NCCN(C)CCS(=O)(=O)C(C)C. The Morgan fingerprint density at radius 2 is 1.69 bits per heavy atom. The Hall–Kier alpha value is -0.130. The molecule has 0 aromatic heterocycles. The number of rotatable bonds is 8. The fourth-order valence-electron chi connectivity index (χ4n) is 1.17. The molecule has 16 heavy (non-hydrogen) atoms. The first-order valence-electron chi connectivity index (χ1n) is 5.89. The van der Waals surface area contributed by atoms with E-state index >= 15 is 0 Å². The Balaban J connectivity index is 3.78. The first kappa shape index (κ1) is 15.9. The molecule has 0 aliphatic heterocycles. The average molecular weight is 250 g/mol. The summed E-state index contributed by atoms with van der Waals surface area (Å²) < 4.78 is 23.1. The van der Waals surface area contributed by atoms with Crippen LogP contribution >= 0.6 is 0 Å². The lowest BCUT2D eigenvalue weighted by Gasteiger charge is -2.18. The highest BCUT2D eigenvalue weighted by atomic mass is 32.2. The van der Waals surface area contributed by atoms with E-state index in [1.165, 1.54) is 0 Å². The van der Waals surface area contributed by atoms with Crippen LogP contribution in [0.15, 0.2) is 0 Å². The number of sulfone groups is 1. The smallest absolute Gasteiger partial charge is 0.153 e. The van der Waals surface area contributed by atoms with E-state index in [-0.39, 0.29) is 11.0 Å². The second-order valence-corrected chi connectivity index (χ2v) is 7.50. The molecular formula is C11H26N2O2S. The first-order chi connectivity index (χ1) is 7.25. The van der Waals surface area contributed by atoms with Gasteiger partial charge in [0, 0.05) is 25.7 Å². The predicted molar refractivity (Wildman–Crippen MR) is 69.6 cm³/mol. The summed E-state index contributed by atoms with van der Waals surface area (Å²) >= 11 is 0. The van der Waals surface area contributed by atoms with Gasteiger partial charge in [-0.15, -0.1) is 0 Å². The Morgan fingerprint density at radius 3 is 2.12 bits per heavy atom. The monoisotopic (exact) mass is 250 g/mol. The highest BCUT2D eigenvalue weighted by Gasteiger charge is 2.16. The van der Waals surface area contributed by atoms with Crippen LogP contribution in [0.25, 0.3) is 0 Å². The third-order valence-electron chi connectivity index (χ3n) is 2.52. The van der Waals surface area contributed by atoms with E-state index in [4.69, 9.17) is 0 Å². The Kier molecular flexibility index (Phi) is 7.19. The van der Waals surface area contributed by atoms with Crippen molar-refractivity contribution in [3.05, 3.63) is 0 Å². The van der Waals surface area contributed by atoms with Gasteiger partial charge in [0.2, 0.25) is 0 Å². The van der Waals surface area contributed by atoms with Crippen molar-refractivity contribution >= 4 is 9.84 Å². The van der Waals surface area contributed by atoms with E-state index in [1.54, 1.807) is 13.8 Å². The molecule has 0 amide bonds. The van der Waals surface area contributed by atoms with Gasteiger partial charge in [0.05, 0.1) is 11.0 Å². The predicted octanol–water partition coefficient (Wildman–Crippen LogP) is 0.739. The molecule has 0 heterocycles. The molecule has 0 saturated carbocycles. The summed E-state index contributed by atoms with van der Waals surface area (Å²) in [4.78, 5) is 2.05. The van der Waals surface area contributed by atoms with Gasteiger partial charge < -0.3 is 10.2 Å². The third kappa shape index (κ3) is 7.19. The number of nitrogens with zero attached hydrogens (tertiary/aromatic N) is 1. The van der Waals surface area contributed by atoms with Crippen molar-refractivity contribution in [2.24, 2.45) is 0 Å². The molecule has 5 heteroatoms. The van der Waals surface area contributed by atoms with Crippen LogP contribution in [-0.4, -0.2) is 57.0 Å². The molecule has 0 bridgehead atoms. The molecule has 0 atom stereocenters. The maximum Gasteiger partial charge on any atom is 0.153 e. The van der Waals surface area contributed by atoms with Crippen molar-refractivity contribution in [3.63, 3.8) is 0 Å². The van der Waals surface area contributed by atoms with Gasteiger partial charge in [-0.1, -0.05) is 13.8 Å². The normalized spacial score (nSPS) is 13.0. The van der Waals surface area contributed by atoms with Gasteiger partial charge in [0.25, 0.3) is 0 Å². The van der Waals surface area contributed by atoms with Gasteiger partial charge in [0.15, 0.2) is 9.84 Å². The van der Waals surface area contributed by atoms with Crippen molar-refractivity contribution in [3.8, 4) is 0 Å². The topological polar surface area (TPSA) is 49.4 Å². The molecule has 0 aliphatic rings. The fraction of sp³-hybridized carbons (Fsp3) is 1.00. The second kappa shape index (κ2) is 7.25. The molecule has 0 saturated heterocycles. The van der Waals surface area contributed by atoms with Crippen molar-refractivity contribution in [2.45, 2.75) is 39.0 Å². The van der Waals surface area contributed by atoms with Gasteiger partial charge in [-0.2, -0.15) is 0 Å². The minimum Gasteiger partial charge on any atom is -0.313 e. The zero-order valence-corrected chi connectivity index (χ0v) is 12.0. The molecule has 0 aliphatic carbocycles. The maximum atomic E-state index is 11.6. The van der Waals surface area contributed by atoms with Crippen molar-refractivity contribution < 1.29 is 8.42 Å². The standard InChI is InChI=1S/C11H26N2O2S/c1-10(2)12-6-7-13(5)8-9-16(14,15)11(3)4/h10-12H,6-9H2,1-5H3. The molecule has 0 aromatic rings. The van der Waals surface area contributed by atoms with Crippen molar-refractivity contribution in [1.29, 1.82) is 0 Å². The van der Waals surface area contributed by atoms with Crippen LogP contribution in [0.3, 0.4) is 0 Å². The number of nitrogens with one attached hydrogen (secondary N) is 1. The van der Waals surface area contributed by atoms with Gasteiger partial charge in [-0.25, -0.2) is 8.42 Å². The zero-order chi connectivity index (χ0) is 12.8. The van der Waals surface area contributed by atoms with Crippen LogP contribution in [0.4, 0.5) is 0 Å². The lowest BCUT2D eigenvalue weighted by molar-refractivity contribution is 0.344. The minimum atomic E-state index is -2.90.